The number of carboxylic acid groups (broad SMARTS) is 1. The quantitative estimate of drug-likeness (QED) is 0.378. The number of nitrogen functional groups attached to an aromatic ring is 1. The number of aromatic carboxylic acids is 1. The van der Waals surface area contributed by atoms with Crippen LogP contribution in [0.15, 0.2) is 18.2 Å². The topological polar surface area (TPSA) is 95.6 Å². The minimum Gasteiger partial charge on any atom is -0.507 e. The van der Waals surface area contributed by atoms with Gasteiger partial charge in [0.1, 0.15) is 11.3 Å². The van der Waals surface area contributed by atoms with Gasteiger partial charge in [-0.1, -0.05) is 0 Å². The molecule has 0 heterocycles. The first-order chi connectivity index (χ1) is 5.65. The number of carboxylic acids is 1. The van der Waals surface area contributed by atoms with Crippen LogP contribution in [-0.2, 0) is 0 Å². The number of benzene rings is 1. The van der Waals surface area contributed by atoms with Crippen molar-refractivity contribution >= 4 is 11.7 Å². The van der Waals surface area contributed by atoms with E-state index in [0.29, 0.717) is 5.69 Å². The SMILES string of the molecule is NNc1ccc(C(=O)O)c(O)c1. The third kappa shape index (κ3) is 1.46. The Labute approximate surface area is 68.4 Å². The van der Waals surface area contributed by atoms with Crippen molar-refractivity contribution in [2.45, 2.75) is 0 Å². The van der Waals surface area contributed by atoms with Crippen molar-refractivity contribution in [2.24, 2.45) is 5.84 Å². The summed E-state index contributed by atoms with van der Waals surface area (Å²) in [6, 6.07) is 3.97. The third-order valence-electron chi connectivity index (χ3n) is 1.39. The number of hydrogen-bond acceptors (Lipinski definition) is 4. The minimum atomic E-state index is -1.17. The lowest BCUT2D eigenvalue weighted by atomic mass is 10.2. The molecule has 0 saturated heterocycles. The Kier molecular flexibility index (Phi) is 2.16. The van der Waals surface area contributed by atoms with Crippen LogP contribution in [0.25, 0.3) is 0 Å². The summed E-state index contributed by atoms with van der Waals surface area (Å²) in [6.07, 6.45) is 0. The zero-order valence-corrected chi connectivity index (χ0v) is 6.11. The fourth-order valence-corrected chi connectivity index (χ4v) is 0.802. The van der Waals surface area contributed by atoms with Gasteiger partial charge in [-0.15, -0.1) is 0 Å². The molecule has 0 radical (unpaired) electrons. The van der Waals surface area contributed by atoms with Crippen LogP contribution in [0.3, 0.4) is 0 Å². The molecule has 0 unspecified atom stereocenters. The van der Waals surface area contributed by atoms with Crippen molar-refractivity contribution < 1.29 is 15.0 Å². The molecule has 0 amide bonds. The largest absolute Gasteiger partial charge is 0.507 e. The first-order valence-corrected chi connectivity index (χ1v) is 3.18. The van der Waals surface area contributed by atoms with E-state index in [9.17, 15) is 4.79 Å². The van der Waals surface area contributed by atoms with Gasteiger partial charge in [0.05, 0.1) is 5.69 Å². The summed E-state index contributed by atoms with van der Waals surface area (Å²) >= 11 is 0. The molecule has 64 valence electrons. The fourth-order valence-electron chi connectivity index (χ4n) is 0.802. The first kappa shape index (κ1) is 8.35. The van der Waals surface area contributed by atoms with E-state index in [2.05, 4.69) is 5.43 Å². The highest BCUT2D eigenvalue weighted by Gasteiger charge is 2.08. The minimum absolute atomic E-state index is 0.144. The maximum atomic E-state index is 10.4. The Bertz CT molecular complexity index is 312. The van der Waals surface area contributed by atoms with Gasteiger partial charge in [-0.3, -0.25) is 5.84 Å². The van der Waals surface area contributed by atoms with Crippen molar-refractivity contribution in [1.82, 2.24) is 0 Å². The third-order valence-corrected chi connectivity index (χ3v) is 1.39. The van der Waals surface area contributed by atoms with Gasteiger partial charge in [-0.05, 0) is 12.1 Å². The maximum Gasteiger partial charge on any atom is 0.339 e. The van der Waals surface area contributed by atoms with Crippen LogP contribution in [0.1, 0.15) is 10.4 Å². The second-order valence-electron chi connectivity index (χ2n) is 2.18. The van der Waals surface area contributed by atoms with Gasteiger partial charge in [0.2, 0.25) is 0 Å². The molecular weight excluding hydrogens is 160 g/mol. The molecule has 0 saturated carbocycles. The average Bonchev–Trinajstić information content (AvgIpc) is 2.03. The van der Waals surface area contributed by atoms with Crippen LogP contribution < -0.4 is 11.3 Å². The van der Waals surface area contributed by atoms with Gasteiger partial charge in [-0.2, -0.15) is 0 Å². The molecule has 1 aromatic rings. The monoisotopic (exact) mass is 168 g/mol. The summed E-state index contributed by atoms with van der Waals surface area (Å²) in [5.41, 5.74) is 2.59. The van der Waals surface area contributed by atoms with Crippen molar-refractivity contribution in [3.63, 3.8) is 0 Å². The van der Waals surface area contributed by atoms with E-state index < -0.39 is 5.97 Å². The molecular formula is C7H8N2O3. The Morgan fingerprint density at radius 3 is 2.58 bits per heavy atom. The molecule has 0 aliphatic carbocycles. The second-order valence-corrected chi connectivity index (χ2v) is 2.18. The van der Waals surface area contributed by atoms with E-state index >= 15 is 0 Å². The highest BCUT2D eigenvalue weighted by molar-refractivity contribution is 5.91. The molecule has 1 aromatic carbocycles. The standard InChI is InChI=1S/C7H8N2O3/c8-9-4-1-2-5(7(11)12)6(10)3-4/h1-3,9-10H,8H2,(H,11,12). The number of nitrogens with two attached hydrogens (primary N) is 1. The molecule has 0 aliphatic rings. The van der Waals surface area contributed by atoms with Crippen molar-refractivity contribution in [3.8, 4) is 5.75 Å². The summed E-state index contributed by atoms with van der Waals surface area (Å²) in [5.74, 6) is 3.56. The molecule has 0 fully saturated rings. The number of carbonyl (C=O) groups is 1. The molecule has 0 spiro atoms. The van der Waals surface area contributed by atoms with Gasteiger partial charge in [-0.25, -0.2) is 4.79 Å². The maximum absolute atomic E-state index is 10.4. The molecule has 0 atom stereocenters. The van der Waals surface area contributed by atoms with Gasteiger partial charge in [0.25, 0.3) is 0 Å². The summed E-state index contributed by atoms with van der Waals surface area (Å²) in [7, 11) is 0. The van der Waals surface area contributed by atoms with Crippen LogP contribution in [0.5, 0.6) is 5.75 Å². The molecule has 5 N–H and O–H groups in total. The number of anilines is 1. The summed E-state index contributed by atoms with van der Waals surface area (Å²) in [6.45, 7) is 0. The Hall–Kier alpha value is -1.75. The predicted molar refractivity (Wildman–Crippen MR) is 42.9 cm³/mol. The summed E-state index contributed by atoms with van der Waals surface area (Å²) in [4.78, 5) is 10.4. The molecule has 0 bridgehead atoms. The molecule has 0 aromatic heterocycles. The van der Waals surface area contributed by atoms with Crippen LogP contribution in [0.4, 0.5) is 5.69 Å². The van der Waals surface area contributed by atoms with Crippen molar-refractivity contribution in [2.75, 3.05) is 5.43 Å². The van der Waals surface area contributed by atoms with E-state index in [-0.39, 0.29) is 11.3 Å². The van der Waals surface area contributed by atoms with Gasteiger partial charge < -0.3 is 15.6 Å². The fraction of sp³-hybridized carbons (Fsp3) is 0. The van der Waals surface area contributed by atoms with E-state index in [4.69, 9.17) is 16.1 Å². The zero-order valence-electron chi connectivity index (χ0n) is 6.11. The van der Waals surface area contributed by atoms with E-state index in [1.54, 1.807) is 0 Å². The van der Waals surface area contributed by atoms with Gasteiger partial charge >= 0.3 is 5.97 Å². The van der Waals surface area contributed by atoms with Crippen LogP contribution in [0.2, 0.25) is 0 Å². The van der Waals surface area contributed by atoms with E-state index in [1.807, 2.05) is 0 Å². The van der Waals surface area contributed by atoms with E-state index in [0.717, 1.165) is 0 Å². The van der Waals surface area contributed by atoms with Gasteiger partial charge in [0, 0.05) is 6.07 Å². The Morgan fingerprint density at radius 2 is 2.17 bits per heavy atom. The normalized spacial score (nSPS) is 9.42. The van der Waals surface area contributed by atoms with Crippen LogP contribution >= 0.6 is 0 Å². The second kappa shape index (κ2) is 3.10. The lowest BCUT2D eigenvalue weighted by molar-refractivity contribution is 0.0694. The zero-order chi connectivity index (χ0) is 9.14. The van der Waals surface area contributed by atoms with Crippen molar-refractivity contribution in [3.05, 3.63) is 23.8 Å². The smallest absolute Gasteiger partial charge is 0.339 e. The number of hydrogen-bond donors (Lipinski definition) is 4. The highest BCUT2D eigenvalue weighted by Crippen LogP contribution is 2.20. The number of nitrogens with one attached hydrogen (secondary N) is 1. The number of hydrazine groups is 1. The summed E-state index contributed by atoms with van der Waals surface area (Å²) < 4.78 is 0. The van der Waals surface area contributed by atoms with Gasteiger partial charge in [0.15, 0.2) is 0 Å². The number of aromatic hydroxyl groups is 1. The number of rotatable bonds is 2. The lowest BCUT2D eigenvalue weighted by Gasteiger charge is -2.02. The van der Waals surface area contributed by atoms with Crippen LogP contribution in [-0.4, -0.2) is 16.2 Å². The molecule has 12 heavy (non-hydrogen) atoms. The molecule has 1 rings (SSSR count). The Morgan fingerprint density at radius 1 is 1.50 bits per heavy atom. The molecule has 5 heteroatoms. The predicted octanol–water partition coefficient (Wildman–Crippen LogP) is 0.376. The van der Waals surface area contributed by atoms with Crippen molar-refractivity contribution in [1.29, 1.82) is 0 Å². The molecule has 5 nitrogen and oxygen atoms in total. The lowest BCUT2D eigenvalue weighted by Crippen LogP contribution is -2.07. The first-order valence-electron chi connectivity index (χ1n) is 3.18. The highest BCUT2D eigenvalue weighted by atomic mass is 16.4. The Balaban J connectivity index is 3.12. The molecule has 0 aliphatic heterocycles. The number of phenols is 1. The average molecular weight is 168 g/mol. The summed E-state index contributed by atoms with van der Waals surface area (Å²) in [5, 5.41) is 17.6. The van der Waals surface area contributed by atoms with Crippen LogP contribution in [0, 0.1) is 0 Å². The van der Waals surface area contributed by atoms with E-state index in [1.165, 1.54) is 18.2 Å².